The van der Waals surface area contributed by atoms with E-state index in [1.54, 1.807) is 0 Å². The Labute approximate surface area is 103 Å². The fourth-order valence-electron chi connectivity index (χ4n) is 1.49. The maximum atomic E-state index is 9.66. The maximum Gasteiger partial charge on any atom is 0.129 e. The van der Waals surface area contributed by atoms with Crippen LogP contribution in [0, 0.1) is 11.5 Å². The molecule has 94 valence electrons. The largest absolute Gasteiger partial charge is 0.380 e. The lowest BCUT2D eigenvalue weighted by atomic mass is 10.1. The van der Waals surface area contributed by atoms with E-state index in [1.807, 2.05) is 0 Å². The Morgan fingerprint density at radius 3 is 2.12 bits per heavy atom. The second-order valence-electron chi connectivity index (χ2n) is 5.59. The Morgan fingerprint density at radius 1 is 1.00 bits per heavy atom. The standard InChI is InChI=1S/C14H28OSi/c1-5-6-7-8-9-10-11-14(15)12-13-16(2,3)4/h14-15H,5-11H2,1-4H3/t14-/m1/s1. The first-order valence-corrected chi connectivity index (χ1v) is 10.2. The van der Waals surface area contributed by atoms with Gasteiger partial charge in [0.1, 0.15) is 14.2 Å². The lowest BCUT2D eigenvalue weighted by Crippen LogP contribution is -2.17. The molecule has 0 aromatic carbocycles. The molecule has 1 N–H and O–H groups in total. The van der Waals surface area contributed by atoms with Gasteiger partial charge in [-0.2, -0.15) is 0 Å². The smallest absolute Gasteiger partial charge is 0.129 e. The molecule has 0 spiro atoms. The summed E-state index contributed by atoms with van der Waals surface area (Å²) in [6, 6.07) is 0. The normalized spacial score (nSPS) is 13.1. The van der Waals surface area contributed by atoms with Gasteiger partial charge in [0.2, 0.25) is 0 Å². The van der Waals surface area contributed by atoms with Crippen LogP contribution in [-0.2, 0) is 0 Å². The molecule has 0 aliphatic heterocycles. The van der Waals surface area contributed by atoms with Crippen LogP contribution in [0.4, 0.5) is 0 Å². The molecule has 0 rings (SSSR count). The van der Waals surface area contributed by atoms with Crippen molar-refractivity contribution in [2.24, 2.45) is 0 Å². The number of unbranched alkanes of at least 4 members (excludes halogenated alkanes) is 5. The molecule has 1 nitrogen and oxygen atoms in total. The van der Waals surface area contributed by atoms with E-state index < -0.39 is 14.2 Å². The van der Waals surface area contributed by atoms with E-state index in [0.29, 0.717) is 0 Å². The van der Waals surface area contributed by atoms with Crippen LogP contribution in [0.3, 0.4) is 0 Å². The van der Waals surface area contributed by atoms with Crippen LogP contribution in [0.2, 0.25) is 19.6 Å². The highest BCUT2D eigenvalue weighted by Gasteiger charge is 2.08. The first kappa shape index (κ1) is 15.7. The maximum absolute atomic E-state index is 9.66. The van der Waals surface area contributed by atoms with Gasteiger partial charge in [-0.05, 0) is 12.8 Å². The van der Waals surface area contributed by atoms with E-state index in [2.05, 4.69) is 38.0 Å². The molecule has 0 saturated heterocycles. The van der Waals surface area contributed by atoms with Gasteiger partial charge in [0, 0.05) is 0 Å². The third-order valence-electron chi connectivity index (χ3n) is 2.44. The van der Waals surface area contributed by atoms with Crippen molar-refractivity contribution in [1.82, 2.24) is 0 Å². The molecule has 0 heterocycles. The van der Waals surface area contributed by atoms with Crippen molar-refractivity contribution in [3.05, 3.63) is 0 Å². The number of aliphatic hydroxyl groups is 1. The Hall–Kier alpha value is -0.263. The van der Waals surface area contributed by atoms with E-state index in [9.17, 15) is 5.11 Å². The molecule has 2 heteroatoms. The molecule has 0 aromatic heterocycles. The summed E-state index contributed by atoms with van der Waals surface area (Å²) in [7, 11) is -1.31. The summed E-state index contributed by atoms with van der Waals surface area (Å²) >= 11 is 0. The van der Waals surface area contributed by atoms with Gasteiger partial charge in [-0.1, -0.05) is 64.6 Å². The van der Waals surface area contributed by atoms with Crippen molar-refractivity contribution in [1.29, 1.82) is 0 Å². The first-order chi connectivity index (χ1) is 7.45. The van der Waals surface area contributed by atoms with Gasteiger partial charge in [-0.25, -0.2) is 0 Å². The fourth-order valence-corrected chi connectivity index (χ4v) is 2.09. The summed E-state index contributed by atoms with van der Waals surface area (Å²) in [5.74, 6) is 2.99. The molecular weight excluding hydrogens is 212 g/mol. The summed E-state index contributed by atoms with van der Waals surface area (Å²) in [6.45, 7) is 8.85. The van der Waals surface area contributed by atoms with Crippen LogP contribution >= 0.6 is 0 Å². The molecule has 0 bridgehead atoms. The molecule has 0 radical (unpaired) electrons. The number of aliphatic hydroxyl groups excluding tert-OH is 1. The van der Waals surface area contributed by atoms with Gasteiger partial charge in [0.25, 0.3) is 0 Å². The summed E-state index contributed by atoms with van der Waals surface area (Å²) in [6.07, 6.45) is 8.11. The van der Waals surface area contributed by atoms with Crippen LogP contribution in [0.15, 0.2) is 0 Å². The molecule has 16 heavy (non-hydrogen) atoms. The Balaban J connectivity index is 3.50. The topological polar surface area (TPSA) is 20.2 Å². The minimum absolute atomic E-state index is 0.391. The SMILES string of the molecule is CCCCCCCC[C@@H](O)C#C[Si](C)(C)C. The monoisotopic (exact) mass is 240 g/mol. The first-order valence-electron chi connectivity index (χ1n) is 6.66. The van der Waals surface area contributed by atoms with E-state index in [-0.39, 0.29) is 0 Å². The quantitative estimate of drug-likeness (QED) is 0.405. The van der Waals surface area contributed by atoms with Crippen LogP contribution in [0.25, 0.3) is 0 Å². The average molecular weight is 240 g/mol. The highest BCUT2D eigenvalue weighted by Crippen LogP contribution is 2.08. The van der Waals surface area contributed by atoms with Gasteiger partial charge in [0.05, 0.1) is 0 Å². The predicted octanol–water partition coefficient (Wildman–Crippen LogP) is 3.98. The minimum atomic E-state index is -1.31. The fraction of sp³-hybridized carbons (Fsp3) is 0.857. The highest BCUT2D eigenvalue weighted by molar-refractivity contribution is 6.83. The van der Waals surface area contributed by atoms with Gasteiger partial charge >= 0.3 is 0 Å². The third kappa shape index (κ3) is 11.8. The van der Waals surface area contributed by atoms with E-state index in [1.165, 1.54) is 32.1 Å². The Kier molecular flexibility index (Phi) is 8.69. The second-order valence-corrected chi connectivity index (χ2v) is 10.3. The second kappa shape index (κ2) is 8.84. The molecule has 0 aliphatic carbocycles. The molecule has 0 unspecified atom stereocenters. The van der Waals surface area contributed by atoms with Gasteiger partial charge in [-0.3, -0.25) is 0 Å². The van der Waals surface area contributed by atoms with Crippen molar-refractivity contribution in [3.8, 4) is 11.5 Å². The van der Waals surface area contributed by atoms with Gasteiger partial charge in [-0.15, -0.1) is 5.54 Å². The van der Waals surface area contributed by atoms with E-state index >= 15 is 0 Å². The third-order valence-corrected chi connectivity index (χ3v) is 3.34. The summed E-state index contributed by atoms with van der Waals surface area (Å²) < 4.78 is 0. The summed E-state index contributed by atoms with van der Waals surface area (Å²) in [5.41, 5.74) is 3.22. The zero-order chi connectivity index (χ0) is 12.4. The van der Waals surface area contributed by atoms with Gasteiger partial charge in [0.15, 0.2) is 0 Å². The lowest BCUT2D eigenvalue weighted by Gasteiger charge is -2.06. The minimum Gasteiger partial charge on any atom is -0.380 e. The molecule has 1 atom stereocenters. The van der Waals surface area contributed by atoms with Crippen LogP contribution < -0.4 is 0 Å². The number of hydrogen-bond donors (Lipinski definition) is 1. The van der Waals surface area contributed by atoms with Crippen molar-refractivity contribution in [2.75, 3.05) is 0 Å². The number of hydrogen-bond acceptors (Lipinski definition) is 1. The van der Waals surface area contributed by atoms with E-state index in [4.69, 9.17) is 0 Å². The van der Waals surface area contributed by atoms with Crippen LogP contribution in [0.5, 0.6) is 0 Å². The molecule has 0 saturated carbocycles. The van der Waals surface area contributed by atoms with E-state index in [0.717, 1.165) is 12.8 Å². The highest BCUT2D eigenvalue weighted by atomic mass is 28.3. The zero-order valence-corrected chi connectivity index (χ0v) is 12.5. The number of rotatable bonds is 7. The molecule has 0 aromatic rings. The summed E-state index contributed by atoms with van der Waals surface area (Å²) in [4.78, 5) is 0. The molecule has 0 aliphatic rings. The van der Waals surface area contributed by atoms with Crippen molar-refractivity contribution < 1.29 is 5.11 Å². The summed E-state index contributed by atoms with van der Waals surface area (Å²) in [5, 5.41) is 9.66. The average Bonchev–Trinajstić information content (AvgIpc) is 2.19. The molecule has 0 fully saturated rings. The zero-order valence-electron chi connectivity index (χ0n) is 11.5. The van der Waals surface area contributed by atoms with Gasteiger partial charge < -0.3 is 5.11 Å². The van der Waals surface area contributed by atoms with Crippen LogP contribution in [-0.4, -0.2) is 19.3 Å². The van der Waals surface area contributed by atoms with Crippen LogP contribution in [0.1, 0.15) is 51.9 Å². The molecule has 0 amide bonds. The Morgan fingerprint density at radius 2 is 1.56 bits per heavy atom. The van der Waals surface area contributed by atoms with Crippen molar-refractivity contribution in [2.45, 2.75) is 77.6 Å². The van der Waals surface area contributed by atoms with Crippen molar-refractivity contribution in [3.63, 3.8) is 0 Å². The Bertz CT molecular complexity index is 219. The molecular formula is C14H28OSi. The van der Waals surface area contributed by atoms with Crippen molar-refractivity contribution >= 4 is 8.07 Å². The lowest BCUT2D eigenvalue weighted by molar-refractivity contribution is 0.217. The predicted molar refractivity (Wildman–Crippen MR) is 75.1 cm³/mol.